The van der Waals surface area contributed by atoms with Crippen LogP contribution < -0.4 is 0 Å². The lowest BCUT2D eigenvalue weighted by Crippen LogP contribution is -2.45. The van der Waals surface area contributed by atoms with E-state index in [1.54, 1.807) is 0 Å². The molecule has 0 saturated carbocycles. The maximum atomic E-state index is 10.8. The van der Waals surface area contributed by atoms with Gasteiger partial charge in [-0.05, 0) is 39.5 Å². The van der Waals surface area contributed by atoms with Gasteiger partial charge in [-0.3, -0.25) is 4.55 Å². The second-order valence-electron chi connectivity index (χ2n) is 9.03. The van der Waals surface area contributed by atoms with Crippen LogP contribution in [0, 0.1) is 5.92 Å². The van der Waals surface area contributed by atoms with E-state index in [4.69, 9.17) is 19.9 Å². The molecule has 0 aliphatic heterocycles. The first-order valence-corrected chi connectivity index (χ1v) is 14.3. The van der Waals surface area contributed by atoms with Crippen molar-refractivity contribution >= 4 is 10.4 Å². The van der Waals surface area contributed by atoms with Gasteiger partial charge in [-0.1, -0.05) is 90.9 Å². The quantitative estimate of drug-likeness (QED) is 0.102. The molecule has 0 radical (unpaired) electrons. The van der Waals surface area contributed by atoms with Crippen molar-refractivity contribution in [3.8, 4) is 0 Å². The normalized spacial score (nSPS) is 15.6. The summed E-state index contributed by atoms with van der Waals surface area (Å²) in [6, 6.07) is 0. The molecule has 0 amide bonds. The minimum Gasteiger partial charge on any atom is -0.379 e. The van der Waals surface area contributed by atoms with Gasteiger partial charge in [0.2, 0.25) is 0 Å². The Hall–Kier alpha value is -0.290. The summed E-state index contributed by atoms with van der Waals surface area (Å²) >= 11 is 0. The summed E-state index contributed by atoms with van der Waals surface area (Å²) in [4.78, 5) is 1.17. The minimum absolute atomic E-state index is 0.127. The third-order valence-electron chi connectivity index (χ3n) is 5.68. The van der Waals surface area contributed by atoms with Crippen LogP contribution in [-0.4, -0.2) is 58.5 Å². The summed E-state index contributed by atoms with van der Waals surface area (Å²) in [6.07, 6.45) is 14.4. The SMILES string of the molecule is CC(O)N(C(C)O)C(C)O.CCCCCCCCCC(CCCCCCC)COS(=O)(=O)O. The highest BCUT2D eigenvalue weighted by Crippen LogP contribution is 2.20. The standard InChI is InChI=1S/C18H38O4S.C6H15NO3/c1-3-5-7-9-10-12-14-16-18(17-22-23(19,20)21)15-13-11-8-6-4-2;1-4(8)7(5(2)9)6(3)10/h18H,3-17H2,1-2H3,(H,19,20,21);4-6,8-10H,1-3H3. The predicted octanol–water partition coefficient (Wildman–Crippen LogP) is 5.23. The van der Waals surface area contributed by atoms with Crippen LogP contribution in [0.15, 0.2) is 0 Å². The first kappa shape index (κ1) is 34.9. The molecule has 33 heavy (non-hydrogen) atoms. The van der Waals surface area contributed by atoms with Crippen molar-refractivity contribution in [1.29, 1.82) is 0 Å². The van der Waals surface area contributed by atoms with Crippen LogP contribution in [0.1, 0.15) is 125 Å². The molecule has 0 aliphatic carbocycles. The molecule has 0 aliphatic rings. The lowest BCUT2D eigenvalue weighted by molar-refractivity contribution is -0.159. The van der Waals surface area contributed by atoms with Crippen molar-refractivity contribution in [2.75, 3.05) is 6.61 Å². The fraction of sp³-hybridized carbons (Fsp3) is 1.00. The maximum absolute atomic E-state index is 10.8. The van der Waals surface area contributed by atoms with Gasteiger partial charge >= 0.3 is 10.4 Å². The van der Waals surface area contributed by atoms with E-state index >= 15 is 0 Å². The van der Waals surface area contributed by atoms with Gasteiger partial charge in [0, 0.05) is 0 Å². The zero-order chi connectivity index (χ0) is 25.7. The largest absolute Gasteiger partial charge is 0.397 e. The Morgan fingerprint density at radius 2 is 1.00 bits per heavy atom. The Labute approximate surface area is 203 Å². The molecule has 0 aromatic heterocycles. The molecular weight excluding hydrogens is 446 g/mol. The van der Waals surface area contributed by atoms with Crippen molar-refractivity contribution in [2.24, 2.45) is 5.92 Å². The third-order valence-corrected chi connectivity index (χ3v) is 6.11. The second kappa shape index (κ2) is 22.2. The van der Waals surface area contributed by atoms with Gasteiger partial charge in [0.05, 0.1) is 6.61 Å². The molecule has 4 atom stereocenters. The first-order chi connectivity index (χ1) is 15.5. The molecule has 9 heteroatoms. The van der Waals surface area contributed by atoms with E-state index in [9.17, 15) is 8.42 Å². The molecule has 0 aromatic carbocycles. The zero-order valence-electron chi connectivity index (χ0n) is 21.8. The summed E-state index contributed by atoms with van der Waals surface area (Å²) in [5.74, 6) is 0.245. The Morgan fingerprint density at radius 1 is 0.667 bits per heavy atom. The fourth-order valence-corrected chi connectivity index (χ4v) is 4.22. The molecule has 202 valence electrons. The molecule has 0 bridgehead atoms. The zero-order valence-corrected chi connectivity index (χ0v) is 22.6. The van der Waals surface area contributed by atoms with Gasteiger partial charge in [0.1, 0.15) is 18.7 Å². The number of rotatable bonds is 20. The van der Waals surface area contributed by atoms with Crippen LogP contribution in [0.2, 0.25) is 0 Å². The van der Waals surface area contributed by atoms with Gasteiger partial charge in [0.15, 0.2) is 0 Å². The van der Waals surface area contributed by atoms with Crippen LogP contribution in [0.5, 0.6) is 0 Å². The van der Waals surface area contributed by atoms with E-state index in [1.165, 1.54) is 89.9 Å². The van der Waals surface area contributed by atoms with Crippen molar-refractivity contribution < 1.29 is 32.5 Å². The summed E-state index contributed by atoms with van der Waals surface area (Å²) in [7, 11) is -4.30. The van der Waals surface area contributed by atoms with Gasteiger partial charge in [0.25, 0.3) is 0 Å². The van der Waals surface area contributed by atoms with E-state index in [0.29, 0.717) is 0 Å². The highest BCUT2D eigenvalue weighted by Gasteiger charge is 2.20. The monoisotopic (exact) mass is 499 g/mol. The summed E-state index contributed by atoms with van der Waals surface area (Å²) in [5.41, 5.74) is 0. The third kappa shape index (κ3) is 24.6. The molecule has 0 aromatic rings. The van der Waals surface area contributed by atoms with Gasteiger partial charge in [-0.25, -0.2) is 9.08 Å². The Bertz CT molecular complexity index is 494. The molecule has 0 fully saturated rings. The van der Waals surface area contributed by atoms with E-state index < -0.39 is 29.1 Å². The lowest BCUT2D eigenvalue weighted by atomic mass is 9.95. The van der Waals surface area contributed by atoms with Crippen LogP contribution in [0.4, 0.5) is 0 Å². The highest BCUT2D eigenvalue weighted by atomic mass is 32.3. The molecule has 4 unspecified atom stereocenters. The van der Waals surface area contributed by atoms with E-state index in [0.717, 1.165) is 25.7 Å². The van der Waals surface area contributed by atoms with E-state index in [2.05, 4.69) is 18.0 Å². The number of hydrogen-bond donors (Lipinski definition) is 4. The van der Waals surface area contributed by atoms with Crippen LogP contribution >= 0.6 is 0 Å². The van der Waals surface area contributed by atoms with Crippen LogP contribution in [0.25, 0.3) is 0 Å². The molecule has 8 nitrogen and oxygen atoms in total. The van der Waals surface area contributed by atoms with E-state index in [1.807, 2.05) is 0 Å². The summed E-state index contributed by atoms with van der Waals surface area (Å²) in [5, 5.41) is 26.9. The smallest absolute Gasteiger partial charge is 0.379 e. The number of aliphatic hydroxyl groups is 3. The fourth-order valence-electron chi connectivity index (χ4n) is 3.86. The van der Waals surface area contributed by atoms with Crippen molar-refractivity contribution in [1.82, 2.24) is 4.90 Å². The Kier molecular flexibility index (Phi) is 23.5. The molecule has 0 spiro atoms. The minimum atomic E-state index is -4.30. The maximum Gasteiger partial charge on any atom is 0.397 e. The molecule has 0 heterocycles. The molecular formula is C24H53NO7S. The lowest BCUT2D eigenvalue weighted by Gasteiger charge is -2.30. The highest BCUT2D eigenvalue weighted by molar-refractivity contribution is 7.80. The van der Waals surface area contributed by atoms with Gasteiger partial charge in [-0.15, -0.1) is 0 Å². The van der Waals surface area contributed by atoms with Crippen molar-refractivity contribution in [3.05, 3.63) is 0 Å². The number of unbranched alkanes of at least 4 members (excludes halogenated alkanes) is 10. The number of aliphatic hydroxyl groups excluding tert-OH is 3. The molecule has 0 saturated heterocycles. The molecule has 4 N–H and O–H groups in total. The molecule has 0 rings (SSSR count). The Balaban J connectivity index is 0. The van der Waals surface area contributed by atoms with Crippen molar-refractivity contribution in [2.45, 2.75) is 143 Å². The summed E-state index contributed by atoms with van der Waals surface area (Å²) in [6.45, 7) is 9.00. The van der Waals surface area contributed by atoms with Crippen LogP contribution in [0.3, 0.4) is 0 Å². The number of nitrogens with zero attached hydrogens (tertiary/aromatic N) is 1. The first-order valence-electron chi connectivity index (χ1n) is 12.9. The van der Waals surface area contributed by atoms with Gasteiger partial charge < -0.3 is 15.3 Å². The number of hydrogen-bond acceptors (Lipinski definition) is 7. The topological polar surface area (TPSA) is 128 Å². The predicted molar refractivity (Wildman–Crippen MR) is 134 cm³/mol. The average Bonchev–Trinajstić information content (AvgIpc) is 2.69. The van der Waals surface area contributed by atoms with Crippen LogP contribution in [-0.2, 0) is 14.6 Å². The second-order valence-corrected chi connectivity index (χ2v) is 10.1. The Morgan fingerprint density at radius 3 is 1.27 bits per heavy atom. The summed E-state index contributed by atoms with van der Waals surface area (Å²) < 4.78 is 34.9. The van der Waals surface area contributed by atoms with Crippen molar-refractivity contribution in [3.63, 3.8) is 0 Å². The van der Waals surface area contributed by atoms with Gasteiger partial charge in [-0.2, -0.15) is 8.42 Å². The van der Waals surface area contributed by atoms with E-state index in [-0.39, 0.29) is 12.5 Å². The average molecular weight is 500 g/mol.